The van der Waals surface area contributed by atoms with Crippen molar-refractivity contribution in [1.29, 1.82) is 0 Å². The van der Waals surface area contributed by atoms with Crippen molar-refractivity contribution in [3.8, 4) is 0 Å². The standard InChI is InChI=1S/C9H16N2O5/c1-5(10-6(2)13)8(14)11-7(3-4-12)9(15)16/h5,7,12H,3-4H2,1-2H3,(H,10,13)(H,11,14)(H,15,16)/t5?,7-/m1/s1. The zero-order chi connectivity index (χ0) is 12.7. The topological polar surface area (TPSA) is 116 Å². The third kappa shape index (κ3) is 5.30. The number of amides is 2. The van der Waals surface area contributed by atoms with Gasteiger partial charge < -0.3 is 20.8 Å². The minimum Gasteiger partial charge on any atom is -0.480 e. The lowest BCUT2D eigenvalue weighted by molar-refractivity contribution is -0.142. The molecule has 92 valence electrons. The van der Waals surface area contributed by atoms with E-state index in [4.69, 9.17) is 10.2 Å². The molecule has 0 heterocycles. The van der Waals surface area contributed by atoms with Gasteiger partial charge in [0, 0.05) is 20.0 Å². The first kappa shape index (κ1) is 14.4. The Bertz CT molecular complexity index is 279. The summed E-state index contributed by atoms with van der Waals surface area (Å²) in [6.45, 7) is 2.35. The summed E-state index contributed by atoms with van der Waals surface area (Å²) in [6.07, 6.45) is -0.0755. The van der Waals surface area contributed by atoms with Crippen LogP contribution in [-0.2, 0) is 14.4 Å². The monoisotopic (exact) mass is 232 g/mol. The highest BCUT2D eigenvalue weighted by Crippen LogP contribution is 1.93. The highest BCUT2D eigenvalue weighted by atomic mass is 16.4. The SMILES string of the molecule is CC(=O)NC(C)C(=O)N[C@H](CCO)C(=O)O. The van der Waals surface area contributed by atoms with Crippen LogP contribution in [0.3, 0.4) is 0 Å². The summed E-state index contributed by atoms with van der Waals surface area (Å²) in [6, 6.07) is -1.95. The van der Waals surface area contributed by atoms with Gasteiger partial charge in [-0.1, -0.05) is 0 Å². The fraction of sp³-hybridized carbons (Fsp3) is 0.667. The molecule has 16 heavy (non-hydrogen) atoms. The predicted octanol–water partition coefficient (Wildman–Crippen LogP) is -1.54. The number of aliphatic hydroxyl groups excluding tert-OH is 1. The maximum atomic E-state index is 11.4. The van der Waals surface area contributed by atoms with Crippen molar-refractivity contribution < 1.29 is 24.6 Å². The van der Waals surface area contributed by atoms with Crippen molar-refractivity contribution in [1.82, 2.24) is 10.6 Å². The highest BCUT2D eigenvalue weighted by Gasteiger charge is 2.22. The minimum atomic E-state index is -1.22. The molecule has 0 aliphatic rings. The Kier molecular flexibility index (Phi) is 6.09. The average molecular weight is 232 g/mol. The zero-order valence-corrected chi connectivity index (χ0v) is 9.19. The van der Waals surface area contributed by atoms with Crippen LogP contribution in [0.25, 0.3) is 0 Å². The van der Waals surface area contributed by atoms with Crippen LogP contribution in [0.5, 0.6) is 0 Å². The summed E-state index contributed by atoms with van der Waals surface area (Å²) in [7, 11) is 0. The van der Waals surface area contributed by atoms with Gasteiger partial charge >= 0.3 is 5.97 Å². The van der Waals surface area contributed by atoms with Crippen molar-refractivity contribution >= 4 is 17.8 Å². The van der Waals surface area contributed by atoms with Crippen LogP contribution in [0.15, 0.2) is 0 Å². The van der Waals surface area contributed by atoms with Crippen LogP contribution in [0.4, 0.5) is 0 Å². The predicted molar refractivity (Wildman–Crippen MR) is 54.5 cm³/mol. The first-order valence-corrected chi connectivity index (χ1v) is 4.79. The van der Waals surface area contributed by atoms with Gasteiger partial charge in [-0.3, -0.25) is 9.59 Å². The van der Waals surface area contributed by atoms with Crippen molar-refractivity contribution in [3.63, 3.8) is 0 Å². The maximum Gasteiger partial charge on any atom is 0.326 e. The molecule has 0 fully saturated rings. The number of hydrogen-bond acceptors (Lipinski definition) is 4. The molecular weight excluding hydrogens is 216 g/mol. The van der Waals surface area contributed by atoms with E-state index in [0.29, 0.717) is 0 Å². The first-order valence-electron chi connectivity index (χ1n) is 4.79. The molecule has 0 aliphatic heterocycles. The van der Waals surface area contributed by atoms with E-state index in [2.05, 4.69) is 10.6 Å². The smallest absolute Gasteiger partial charge is 0.326 e. The van der Waals surface area contributed by atoms with Crippen LogP contribution in [-0.4, -0.2) is 46.7 Å². The average Bonchev–Trinajstić information content (AvgIpc) is 2.15. The molecule has 0 spiro atoms. The summed E-state index contributed by atoms with van der Waals surface area (Å²) in [5, 5.41) is 21.8. The molecule has 0 saturated carbocycles. The lowest BCUT2D eigenvalue weighted by Crippen LogP contribution is -2.50. The molecule has 0 aromatic carbocycles. The van der Waals surface area contributed by atoms with Gasteiger partial charge in [-0.25, -0.2) is 4.79 Å². The second kappa shape index (κ2) is 6.78. The quantitative estimate of drug-likeness (QED) is 0.443. The number of carboxylic acid groups (broad SMARTS) is 1. The number of hydrogen-bond donors (Lipinski definition) is 4. The Morgan fingerprint density at radius 2 is 1.81 bits per heavy atom. The van der Waals surface area contributed by atoms with Gasteiger partial charge in [0.25, 0.3) is 0 Å². The fourth-order valence-corrected chi connectivity index (χ4v) is 1.05. The van der Waals surface area contributed by atoms with Gasteiger partial charge in [-0.05, 0) is 6.92 Å². The molecule has 0 bridgehead atoms. The molecule has 7 heteroatoms. The Labute approximate surface area is 92.8 Å². The Morgan fingerprint density at radius 3 is 2.19 bits per heavy atom. The van der Waals surface area contributed by atoms with Crippen molar-refractivity contribution in [2.24, 2.45) is 0 Å². The van der Waals surface area contributed by atoms with E-state index in [-0.39, 0.29) is 18.9 Å². The molecule has 0 radical (unpaired) electrons. The summed E-state index contributed by atoms with van der Waals surface area (Å²) in [4.78, 5) is 32.7. The van der Waals surface area contributed by atoms with Crippen molar-refractivity contribution in [2.45, 2.75) is 32.4 Å². The van der Waals surface area contributed by atoms with Crippen LogP contribution < -0.4 is 10.6 Å². The van der Waals surface area contributed by atoms with Crippen LogP contribution >= 0.6 is 0 Å². The zero-order valence-electron chi connectivity index (χ0n) is 9.19. The van der Waals surface area contributed by atoms with Crippen LogP contribution in [0, 0.1) is 0 Å². The number of carbonyl (C=O) groups is 3. The van der Waals surface area contributed by atoms with Gasteiger partial charge in [-0.2, -0.15) is 0 Å². The summed E-state index contributed by atoms with van der Waals surface area (Å²) >= 11 is 0. The Hall–Kier alpha value is -1.63. The van der Waals surface area contributed by atoms with E-state index < -0.39 is 24.0 Å². The Balaban J connectivity index is 4.28. The molecule has 2 atom stereocenters. The molecule has 0 saturated heterocycles. The van der Waals surface area contributed by atoms with E-state index in [0.717, 1.165) is 0 Å². The molecule has 1 unspecified atom stereocenters. The number of carbonyl (C=O) groups excluding carboxylic acids is 2. The van der Waals surface area contributed by atoms with E-state index in [9.17, 15) is 14.4 Å². The van der Waals surface area contributed by atoms with Crippen LogP contribution in [0.2, 0.25) is 0 Å². The fourth-order valence-electron chi connectivity index (χ4n) is 1.05. The summed E-state index contributed by atoms with van der Waals surface area (Å²) < 4.78 is 0. The van der Waals surface area contributed by atoms with Gasteiger partial charge in [0.1, 0.15) is 12.1 Å². The van der Waals surface area contributed by atoms with Gasteiger partial charge in [0.2, 0.25) is 11.8 Å². The lowest BCUT2D eigenvalue weighted by Gasteiger charge is -2.17. The molecule has 7 nitrogen and oxygen atoms in total. The summed E-state index contributed by atoms with van der Waals surface area (Å²) in [5.41, 5.74) is 0. The van der Waals surface area contributed by atoms with E-state index in [1.165, 1.54) is 13.8 Å². The molecular formula is C9H16N2O5. The number of nitrogens with one attached hydrogen (secondary N) is 2. The van der Waals surface area contributed by atoms with Gasteiger partial charge in [-0.15, -0.1) is 0 Å². The molecule has 0 aliphatic carbocycles. The van der Waals surface area contributed by atoms with Gasteiger partial charge in [0.05, 0.1) is 0 Å². The second-order valence-corrected chi connectivity index (χ2v) is 3.33. The molecule has 0 aromatic rings. The second-order valence-electron chi connectivity index (χ2n) is 3.33. The van der Waals surface area contributed by atoms with E-state index in [1.807, 2.05) is 0 Å². The van der Waals surface area contributed by atoms with E-state index >= 15 is 0 Å². The molecule has 0 rings (SSSR count). The first-order chi connectivity index (χ1) is 7.38. The highest BCUT2D eigenvalue weighted by molar-refractivity contribution is 5.89. The number of rotatable bonds is 6. The van der Waals surface area contributed by atoms with Crippen molar-refractivity contribution in [2.75, 3.05) is 6.61 Å². The third-order valence-electron chi connectivity index (χ3n) is 1.85. The maximum absolute atomic E-state index is 11.4. The van der Waals surface area contributed by atoms with Crippen molar-refractivity contribution in [3.05, 3.63) is 0 Å². The molecule has 4 N–H and O–H groups in total. The summed E-state index contributed by atoms with van der Waals surface area (Å²) in [5.74, 6) is -2.20. The normalized spacial score (nSPS) is 13.7. The lowest BCUT2D eigenvalue weighted by atomic mass is 10.2. The number of aliphatic carboxylic acids is 1. The molecule has 2 amide bonds. The number of aliphatic hydroxyl groups is 1. The number of carboxylic acids is 1. The largest absolute Gasteiger partial charge is 0.480 e. The van der Waals surface area contributed by atoms with Gasteiger partial charge in [0.15, 0.2) is 0 Å². The van der Waals surface area contributed by atoms with E-state index in [1.54, 1.807) is 0 Å². The molecule has 0 aromatic heterocycles. The third-order valence-corrected chi connectivity index (χ3v) is 1.85. The van der Waals surface area contributed by atoms with Crippen LogP contribution in [0.1, 0.15) is 20.3 Å². The minimum absolute atomic E-state index is 0.0755. The Morgan fingerprint density at radius 1 is 1.25 bits per heavy atom.